The van der Waals surface area contributed by atoms with Crippen molar-refractivity contribution in [3.05, 3.63) is 53.1 Å². The summed E-state index contributed by atoms with van der Waals surface area (Å²) in [4.78, 5) is 31.0. The largest absolute Gasteiger partial charge is 0.444 e. The SMILES string of the molecule is CC(C)(C)OC(=O)N1CCC2(CC1)c1ccccc1CCn1c(C(N)=O)cnc12. The number of aromatic nitrogens is 2. The lowest BCUT2D eigenvalue weighted by molar-refractivity contribution is 0.0176. The topological polar surface area (TPSA) is 90.5 Å². The summed E-state index contributed by atoms with van der Waals surface area (Å²) in [5.41, 5.74) is 7.69. The van der Waals surface area contributed by atoms with Crippen LogP contribution in [0.25, 0.3) is 0 Å². The molecular formula is C22H28N4O3. The third-order valence-electron chi connectivity index (χ3n) is 5.94. The van der Waals surface area contributed by atoms with Crippen LogP contribution in [0, 0.1) is 0 Å². The number of carbonyl (C=O) groups excluding carboxylic acids is 2. The molecule has 0 saturated carbocycles. The van der Waals surface area contributed by atoms with Crippen molar-refractivity contribution in [1.82, 2.24) is 14.5 Å². The maximum Gasteiger partial charge on any atom is 0.410 e. The lowest BCUT2D eigenvalue weighted by Crippen LogP contribution is -2.48. The summed E-state index contributed by atoms with van der Waals surface area (Å²) < 4.78 is 7.53. The van der Waals surface area contributed by atoms with Gasteiger partial charge in [0.05, 0.1) is 11.6 Å². The van der Waals surface area contributed by atoms with Crippen molar-refractivity contribution in [1.29, 1.82) is 0 Å². The fourth-order valence-electron chi connectivity index (χ4n) is 4.63. The van der Waals surface area contributed by atoms with Gasteiger partial charge in [-0.2, -0.15) is 0 Å². The Bertz CT molecular complexity index is 949. The molecule has 7 heteroatoms. The third kappa shape index (κ3) is 3.39. The van der Waals surface area contributed by atoms with Gasteiger partial charge >= 0.3 is 6.09 Å². The minimum atomic E-state index is -0.520. The van der Waals surface area contributed by atoms with Crippen molar-refractivity contribution in [3.8, 4) is 0 Å². The highest BCUT2D eigenvalue weighted by molar-refractivity contribution is 5.91. The van der Waals surface area contributed by atoms with Crippen LogP contribution in [0.2, 0.25) is 0 Å². The minimum absolute atomic E-state index is 0.282. The molecule has 3 heterocycles. The fourth-order valence-corrected chi connectivity index (χ4v) is 4.63. The van der Waals surface area contributed by atoms with E-state index in [4.69, 9.17) is 10.5 Å². The zero-order valence-electron chi connectivity index (χ0n) is 17.3. The Balaban J connectivity index is 1.72. The summed E-state index contributed by atoms with van der Waals surface area (Å²) in [5, 5.41) is 0. The van der Waals surface area contributed by atoms with Gasteiger partial charge in [0.1, 0.15) is 17.1 Å². The third-order valence-corrected chi connectivity index (χ3v) is 5.94. The monoisotopic (exact) mass is 396 g/mol. The molecule has 0 unspecified atom stereocenters. The lowest BCUT2D eigenvalue weighted by atomic mass is 9.70. The van der Waals surface area contributed by atoms with Crippen molar-refractivity contribution in [2.75, 3.05) is 13.1 Å². The molecule has 1 fully saturated rings. The molecule has 2 N–H and O–H groups in total. The first-order valence-corrected chi connectivity index (χ1v) is 10.1. The maximum absolute atomic E-state index is 12.6. The van der Waals surface area contributed by atoms with Crippen LogP contribution in [0.5, 0.6) is 0 Å². The van der Waals surface area contributed by atoms with Gasteiger partial charge in [-0.25, -0.2) is 9.78 Å². The van der Waals surface area contributed by atoms with Gasteiger partial charge in [-0.1, -0.05) is 24.3 Å². The molecule has 2 amide bonds. The zero-order chi connectivity index (χ0) is 20.8. The standard InChI is InChI=1S/C22H28N4O3/c1-21(2,3)29-20(28)25-12-9-22(10-13-25)16-7-5-4-6-15(16)8-11-26-17(18(23)27)14-24-19(22)26/h4-7,14H,8-13H2,1-3H3,(H2,23,27). The molecule has 2 aromatic rings. The van der Waals surface area contributed by atoms with Gasteiger partial charge in [0.2, 0.25) is 0 Å². The number of ether oxygens (including phenoxy) is 1. The number of nitrogens with two attached hydrogens (primary N) is 1. The van der Waals surface area contributed by atoms with Crippen LogP contribution >= 0.6 is 0 Å². The first-order valence-electron chi connectivity index (χ1n) is 10.1. The highest BCUT2D eigenvalue weighted by Gasteiger charge is 2.45. The molecule has 0 radical (unpaired) electrons. The van der Waals surface area contributed by atoms with E-state index in [0.717, 1.165) is 25.1 Å². The van der Waals surface area contributed by atoms with Crippen LogP contribution in [0.3, 0.4) is 0 Å². The summed E-state index contributed by atoms with van der Waals surface area (Å²) in [6.45, 7) is 7.44. The number of likely N-dealkylation sites (tertiary alicyclic amines) is 1. The molecule has 1 saturated heterocycles. The number of rotatable bonds is 1. The highest BCUT2D eigenvalue weighted by atomic mass is 16.6. The summed E-state index contributed by atoms with van der Waals surface area (Å²) in [5.74, 6) is 0.413. The van der Waals surface area contributed by atoms with E-state index in [2.05, 4.69) is 23.2 Å². The normalized spacial score (nSPS) is 18.0. The summed E-state index contributed by atoms with van der Waals surface area (Å²) in [6.07, 6.45) is 3.57. The molecule has 2 aliphatic rings. The molecule has 1 spiro atoms. The number of imidazole rings is 1. The van der Waals surface area contributed by atoms with Gasteiger partial charge in [-0.05, 0) is 51.2 Å². The molecule has 0 aliphatic carbocycles. The number of piperidine rings is 1. The van der Waals surface area contributed by atoms with E-state index in [1.54, 1.807) is 11.1 Å². The average Bonchev–Trinajstić information content (AvgIpc) is 3.05. The Morgan fingerprint density at radius 1 is 1.14 bits per heavy atom. The Hall–Kier alpha value is -2.83. The second-order valence-corrected chi connectivity index (χ2v) is 8.94. The van der Waals surface area contributed by atoms with Crippen molar-refractivity contribution in [3.63, 3.8) is 0 Å². The lowest BCUT2D eigenvalue weighted by Gasteiger charge is -2.42. The Labute approximate surface area is 170 Å². The Kier molecular flexibility index (Phi) is 4.63. The predicted octanol–water partition coefficient (Wildman–Crippen LogP) is 2.86. The Morgan fingerprint density at radius 3 is 2.48 bits per heavy atom. The molecule has 29 heavy (non-hydrogen) atoms. The number of primary amides is 1. The van der Waals surface area contributed by atoms with Crippen LogP contribution in [0.1, 0.15) is 61.1 Å². The molecule has 4 rings (SSSR count). The molecule has 0 bridgehead atoms. The van der Waals surface area contributed by atoms with Crippen LogP contribution in [-0.4, -0.2) is 45.1 Å². The number of nitrogens with zero attached hydrogens (tertiary/aromatic N) is 3. The Morgan fingerprint density at radius 2 is 1.83 bits per heavy atom. The molecular weight excluding hydrogens is 368 g/mol. The maximum atomic E-state index is 12.6. The van der Waals surface area contributed by atoms with E-state index >= 15 is 0 Å². The second-order valence-electron chi connectivity index (χ2n) is 8.94. The van der Waals surface area contributed by atoms with Crippen molar-refractivity contribution in [2.24, 2.45) is 5.73 Å². The van der Waals surface area contributed by atoms with Gasteiger partial charge in [-0.15, -0.1) is 0 Å². The second kappa shape index (κ2) is 6.90. The number of hydrogen-bond donors (Lipinski definition) is 1. The first kappa shape index (κ1) is 19.5. The van der Waals surface area contributed by atoms with Crippen LogP contribution < -0.4 is 5.73 Å². The molecule has 1 aromatic heterocycles. The van der Waals surface area contributed by atoms with Crippen LogP contribution in [0.15, 0.2) is 30.5 Å². The number of aryl methyl sites for hydroxylation is 1. The van der Waals surface area contributed by atoms with Crippen molar-refractivity contribution < 1.29 is 14.3 Å². The number of amides is 2. The van der Waals surface area contributed by atoms with Gasteiger partial charge in [0.25, 0.3) is 5.91 Å². The summed E-state index contributed by atoms with van der Waals surface area (Å²) in [7, 11) is 0. The van der Waals surface area contributed by atoms with E-state index in [-0.39, 0.29) is 11.5 Å². The molecule has 2 aliphatic heterocycles. The smallest absolute Gasteiger partial charge is 0.410 e. The minimum Gasteiger partial charge on any atom is -0.444 e. The predicted molar refractivity (Wildman–Crippen MR) is 109 cm³/mol. The van der Waals surface area contributed by atoms with Gasteiger partial charge in [0.15, 0.2) is 0 Å². The van der Waals surface area contributed by atoms with E-state index in [1.807, 2.05) is 31.4 Å². The number of benzene rings is 1. The van der Waals surface area contributed by atoms with Gasteiger partial charge in [0, 0.05) is 19.6 Å². The summed E-state index contributed by atoms with van der Waals surface area (Å²) >= 11 is 0. The van der Waals surface area contributed by atoms with Crippen molar-refractivity contribution in [2.45, 2.75) is 57.6 Å². The molecule has 154 valence electrons. The van der Waals surface area contributed by atoms with Crippen LogP contribution in [-0.2, 0) is 23.1 Å². The number of hydrogen-bond acceptors (Lipinski definition) is 4. The first-order chi connectivity index (χ1) is 13.7. The van der Waals surface area contributed by atoms with E-state index in [9.17, 15) is 9.59 Å². The average molecular weight is 396 g/mol. The highest BCUT2D eigenvalue weighted by Crippen LogP contribution is 2.44. The molecule has 0 atom stereocenters. The molecule has 1 aromatic carbocycles. The van der Waals surface area contributed by atoms with Gasteiger partial charge in [-0.3, -0.25) is 4.79 Å². The van der Waals surface area contributed by atoms with E-state index in [0.29, 0.717) is 25.3 Å². The number of fused-ring (bicyclic) bond motifs is 4. The fraction of sp³-hybridized carbons (Fsp3) is 0.500. The summed E-state index contributed by atoms with van der Waals surface area (Å²) in [6, 6.07) is 8.40. The van der Waals surface area contributed by atoms with Crippen LogP contribution in [0.4, 0.5) is 4.79 Å². The van der Waals surface area contributed by atoms with Gasteiger partial charge < -0.3 is 19.9 Å². The zero-order valence-corrected chi connectivity index (χ0v) is 17.3. The van der Waals surface area contributed by atoms with E-state index < -0.39 is 11.5 Å². The molecule has 7 nitrogen and oxygen atoms in total. The van der Waals surface area contributed by atoms with E-state index in [1.165, 1.54) is 11.1 Å². The number of carbonyl (C=O) groups is 2. The quantitative estimate of drug-likeness (QED) is 0.802. The van der Waals surface area contributed by atoms with Crippen molar-refractivity contribution >= 4 is 12.0 Å².